The molecule has 0 aromatic carbocycles. The zero-order valence-electron chi connectivity index (χ0n) is 11.1. The topological polar surface area (TPSA) is 42.2 Å². The van der Waals surface area contributed by atoms with Gasteiger partial charge in [-0.3, -0.25) is 4.40 Å². The summed E-state index contributed by atoms with van der Waals surface area (Å²) in [5.41, 5.74) is 2.00. The number of rotatable bonds is 5. The Morgan fingerprint density at radius 1 is 1.20 bits per heavy atom. The zero-order valence-corrected chi connectivity index (χ0v) is 13.5. The highest BCUT2D eigenvalue weighted by molar-refractivity contribution is 9.10. The first kappa shape index (κ1) is 13.7. The molecule has 1 N–H and O–H groups in total. The molecule has 0 aliphatic heterocycles. The Morgan fingerprint density at radius 2 is 2.05 bits per heavy atom. The van der Waals surface area contributed by atoms with Crippen LogP contribution in [0.2, 0.25) is 0 Å². The zero-order chi connectivity index (χ0) is 13.9. The van der Waals surface area contributed by atoms with Crippen LogP contribution in [0.5, 0.6) is 0 Å². The summed E-state index contributed by atoms with van der Waals surface area (Å²) in [6.07, 6.45) is 6.71. The van der Waals surface area contributed by atoms with E-state index in [1.807, 2.05) is 23.7 Å². The van der Waals surface area contributed by atoms with Crippen LogP contribution in [0.1, 0.15) is 22.4 Å². The summed E-state index contributed by atoms with van der Waals surface area (Å²) in [5, 5.41) is 3.47. The van der Waals surface area contributed by atoms with Gasteiger partial charge in [0.1, 0.15) is 4.60 Å². The number of imidazole rings is 1. The summed E-state index contributed by atoms with van der Waals surface area (Å²) < 4.78 is 2.87. The Bertz CT molecular complexity index is 719. The Hall–Kier alpha value is -1.24. The van der Waals surface area contributed by atoms with Crippen molar-refractivity contribution in [2.24, 2.45) is 0 Å². The number of aromatic nitrogens is 3. The molecule has 3 rings (SSSR count). The highest BCUT2D eigenvalue weighted by Gasteiger charge is 2.04. The summed E-state index contributed by atoms with van der Waals surface area (Å²) in [6, 6.07) is 4.41. The molecule has 0 atom stereocenters. The molecular formula is C14H15BrN4S. The van der Waals surface area contributed by atoms with E-state index in [1.165, 1.54) is 9.75 Å². The van der Waals surface area contributed by atoms with E-state index in [2.05, 4.69) is 54.7 Å². The van der Waals surface area contributed by atoms with Crippen molar-refractivity contribution in [3.63, 3.8) is 0 Å². The van der Waals surface area contributed by atoms with Gasteiger partial charge in [0.05, 0.1) is 18.1 Å². The van der Waals surface area contributed by atoms with Crippen LogP contribution in [0.4, 0.5) is 0 Å². The average molecular weight is 351 g/mol. The van der Waals surface area contributed by atoms with Gasteiger partial charge in [0.2, 0.25) is 0 Å². The van der Waals surface area contributed by atoms with Crippen molar-refractivity contribution in [2.75, 3.05) is 0 Å². The van der Waals surface area contributed by atoms with Crippen molar-refractivity contribution >= 4 is 32.9 Å². The third-order valence-corrected chi connectivity index (χ3v) is 4.75. The molecule has 0 saturated carbocycles. The molecule has 0 unspecified atom stereocenters. The largest absolute Gasteiger partial charge is 0.306 e. The van der Waals surface area contributed by atoms with Gasteiger partial charge < -0.3 is 5.32 Å². The van der Waals surface area contributed by atoms with Crippen molar-refractivity contribution < 1.29 is 0 Å². The molecule has 6 heteroatoms. The molecule has 4 nitrogen and oxygen atoms in total. The SMILES string of the molecule is CCc1ccc(CNCc2cnc3cnc(Br)cn23)s1. The minimum Gasteiger partial charge on any atom is -0.306 e. The lowest BCUT2D eigenvalue weighted by atomic mass is 10.3. The van der Waals surface area contributed by atoms with Gasteiger partial charge in [0, 0.05) is 29.0 Å². The lowest BCUT2D eigenvalue weighted by molar-refractivity contribution is 0.681. The smallest absolute Gasteiger partial charge is 0.155 e. The third kappa shape index (κ3) is 2.92. The van der Waals surface area contributed by atoms with E-state index in [1.54, 1.807) is 6.20 Å². The van der Waals surface area contributed by atoms with E-state index in [9.17, 15) is 0 Å². The van der Waals surface area contributed by atoms with Gasteiger partial charge in [-0.1, -0.05) is 6.92 Å². The van der Waals surface area contributed by atoms with Crippen LogP contribution >= 0.6 is 27.3 Å². The fourth-order valence-electron chi connectivity index (χ4n) is 2.07. The quantitative estimate of drug-likeness (QED) is 0.766. The highest BCUT2D eigenvalue weighted by atomic mass is 79.9. The van der Waals surface area contributed by atoms with Crippen LogP contribution in [0.15, 0.2) is 35.3 Å². The van der Waals surface area contributed by atoms with Gasteiger partial charge in [-0.15, -0.1) is 11.3 Å². The number of aryl methyl sites for hydroxylation is 1. The first-order chi connectivity index (χ1) is 9.76. The van der Waals surface area contributed by atoms with Gasteiger partial charge in [-0.25, -0.2) is 9.97 Å². The molecule has 0 aliphatic carbocycles. The fraction of sp³-hybridized carbons (Fsp3) is 0.286. The molecule has 3 aromatic rings. The van der Waals surface area contributed by atoms with Crippen LogP contribution in [0.3, 0.4) is 0 Å². The average Bonchev–Trinajstić information content (AvgIpc) is 3.06. The molecule has 0 radical (unpaired) electrons. The number of hydrogen-bond donors (Lipinski definition) is 1. The summed E-state index contributed by atoms with van der Waals surface area (Å²) >= 11 is 5.26. The van der Waals surface area contributed by atoms with Crippen LogP contribution < -0.4 is 5.32 Å². The fourth-order valence-corrected chi connectivity index (χ4v) is 3.30. The summed E-state index contributed by atoms with van der Waals surface area (Å²) in [7, 11) is 0. The normalized spacial score (nSPS) is 11.3. The van der Waals surface area contributed by atoms with E-state index in [4.69, 9.17) is 0 Å². The lowest BCUT2D eigenvalue weighted by Crippen LogP contribution is -2.13. The van der Waals surface area contributed by atoms with Crippen LogP contribution in [0.25, 0.3) is 5.65 Å². The summed E-state index contributed by atoms with van der Waals surface area (Å²) in [6.45, 7) is 3.87. The minimum atomic E-state index is 0.789. The van der Waals surface area contributed by atoms with Crippen LogP contribution in [0, 0.1) is 0 Å². The highest BCUT2D eigenvalue weighted by Crippen LogP contribution is 2.17. The predicted octanol–water partition coefficient (Wildman–Crippen LogP) is 3.41. The van der Waals surface area contributed by atoms with Gasteiger partial charge >= 0.3 is 0 Å². The van der Waals surface area contributed by atoms with Crippen molar-refractivity contribution in [1.29, 1.82) is 0 Å². The van der Waals surface area contributed by atoms with E-state index >= 15 is 0 Å². The Morgan fingerprint density at radius 3 is 2.85 bits per heavy atom. The molecule has 0 aliphatic rings. The predicted molar refractivity (Wildman–Crippen MR) is 84.9 cm³/mol. The van der Waals surface area contributed by atoms with Crippen LogP contribution in [-0.4, -0.2) is 14.4 Å². The van der Waals surface area contributed by atoms with E-state index in [-0.39, 0.29) is 0 Å². The third-order valence-electron chi connectivity index (χ3n) is 3.11. The Labute approximate surface area is 130 Å². The lowest BCUT2D eigenvalue weighted by Gasteiger charge is -2.03. The number of nitrogens with zero attached hydrogens (tertiary/aromatic N) is 3. The first-order valence-electron chi connectivity index (χ1n) is 6.52. The number of halogens is 1. The Kier molecular flexibility index (Phi) is 4.14. The molecule has 0 spiro atoms. The maximum atomic E-state index is 4.35. The molecule has 0 amide bonds. The Balaban J connectivity index is 1.66. The number of thiophene rings is 1. The first-order valence-corrected chi connectivity index (χ1v) is 8.13. The standard InChI is InChI=1S/C14H15BrN4S/c1-2-11-3-4-12(20-11)7-16-5-10-6-18-14-8-17-13(15)9-19(10)14/h3-4,6,8-9,16H,2,5,7H2,1H3. The molecule has 20 heavy (non-hydrogen) atoms. The molecule has 0 fully saturated rings. The maximum Gasteiger partial charge on any atom is 0.155 e. The van der Waals surface area contributed by atoms with Gasteiger partial charge in [0.15, 0.2) is 5.65 Å². The number of nitrogens with one attached hydrogen (secondary N) is 1. The van der Waals surface area contributed by atoms with Crippen molar-refractivity contribution in [2.45, 2.75) is 26.4 Å². The van der Waals surface area contributed by atoms with E-state index < -0.39 is 0 Å². The molecular weight excluding hydrogens is 336 g/mol. The molecule has 0 saturated heterocycles. The summed E-state index contributed by atoms with van der Waals surface area (Å²) in [4.78, 5) is 11.3. The van der Waals surface area contributed by atoms with Crippen LogP contribution in [-0.2, 0) is 19.5 Å². The molecule has 104 valence electrons. The van der Waals surface area contributed by atoms with Gasteiger partial charge in [0.25, 0.3) is 0 Å². The molecule has 3 aromatic heterocycles. The van der Waals surface area contributed by atoms with Gasteiger partial charge in [-0.2, -0.15) is 0 Å². The number of fused-ring (bicyclic) bond motifs is 1. The molecule has 0 bridgehead atoms. The van der Waals surface area contributed by atoms with Gasteiger partial charge in [-0.05, 0) is 34.5 Å². The maximum absolute atomic E-state index is 4.35. The van der Waals surface area contributed by atoms with Crippen molar-refractivity contribution in [3.05, 3.63) is 50.8 Å². The molecule has 3 heterocycles. The second-order valence-corrected chi connectivity index (χ2v) is 6.58. The minimum absolute atomic E-state index is 0.789. The van der Waals surface area contributed by atoms with Crippen molar-refractivity contribution in [3.8, 4) is 0 Å². The summed E-state index contributed by atoms with van der Waals surface area (Å²) in [5.74, 6) is 0. The number of hydrogen-bond acceptors (Lipinski definition) is 4. The second-order valence-electron chi connectivity index (χ2n) is 4.51. The second kappa shape index (κ2) is 6.03. The van der Waals surface area contributed by atoms with E-state index in [0.717, 1.165) is 35.5 Å². The van der Waals surface area contributed by atoms with E-state index in [0.29, 0.717) is 0 Å². The monoisotopic (exact) mass is 350 g/mol. The van der Waals surface area contributed by atoms with Crippen molar-refractivity contribution in [1.82, 2.24) is 19.7 Å².